The van der Waals surface area contributed by atoms with Crippen molar-refractivity contribution in [3.8, 4) is 10.6 Å². The van der Waals surface area contributed by atoms with E-state index in [0.29, 0.717) is 6.42 Å². The van der Waals surface area contributed by atoms with Gasteiger partial charge in [0, 0.05) is 35.6 Å². The van der Waals surface area contributed by atoms with Crippen LogP contribution in [0.3, 0.4) is 0 Å². The number of nitrogens with zero attached hydrogens (tertiary/aromatic N) is 3. The maximum atomic E-state index is 12.5. The van der Waals surface area contributed by atoms with Crippen molar-refractivity contribution >= 4 is 22.9 Å². The van der Waals surface area contributed by atoms with E-state index in [4.69, 9.17) is 0 Å². The maximum Gasteiger partial charge on any atom is 0.232 e. The molecule has 3 rings (SSSR count). The number of rotatable bonds is 4. The number of likely N-dealkylation sites (N-methyl/N-ethyl adjacent to an activating group) is 1. The molecular weight excluding hydrogens is 306 g/mol. The lowest BCUT2D eigenvalue weighted by atomic mass is 10.2. The Hall–Kier alpha value is -2.53. The van der Waals surface area contributed by atoms with Crippen molar-refractivity contribution in [2.45, 2.75) is 13.3 Å². The number of carbonyl (C=O) groups excluding carboxylic acids is 1. The lowest BCUT2D eigenvalue weighted by Crippen LogP contribution is -2.27. The molecule has 1 aromatic carbocycles. The second kappa shape index (κ2) is 6.71. The summed E-state index contributed by atoms with van der Waals surface area (Å²) in [5, 5.41) is 0.903. The molecule has 5 heteroatoms. The molecule has 23 heavy (non-hydrogen) atoms. The zero-order chi connectivity index (χ0) is 16.2. The van der Waals surface area contributed by atoms with Crippen molar-refractivity contribution in [1.82, 2.24) is 9.97 Å². The molecule has 0 spiro atoms. The molecule has 0 bridgehead atoms. The van der Waals surface area contributed by atoms with Crippen LogP contribution in [0, 0.1) is 6.92 Å². The first-order chi connectivity index (χ1) is 11.1. The van der Waals surface area contributed by atoms with E-state index in [0.717, 1.165) is 26.8 Å². The molecule has 0 radical (unpaired) electrons. The van der Waals surface area contributed by atoms with Gasteiger partial charge < -0.3 is 4.90 Å². The average Bonchev–Trinajstić information content (AvgIpc) is 2.96. The Morgan fingerprint density at radius 3 is 2.65 bits per heavy atom. The van der Waals surface area contributed by atoms with Crippen molar-refractivity contribution in [3.63, 3.8) is 0 Å². The highest BCUT2D eigenvalue weighted by Crippen LogP contribution is 2.28. The van der Waals surface area contributed by atoms with E-state index in [-0.39, 0.29) is 5.91 Å². The number of aromatic nitrogens is 2. The van der Waals surface area contributed by atoms with Gasteiger partial charge in [0.2, 0.25) is 5.91 Å². The molecule has 1 amide bonds. The molecule has 0 unspecified atom stereocenters. The van der Waals surface area contributed by atoms with E-state index in [1.807, 2.05) is 49.4 Å². The first-order valence-corrected chi connectivity index (χ1v) is 8.15. The minimum absolute atomic E-state index is 0.0562. The van der Waals surface area contributed by atoms with Gasteiger partial charge in [-0.05, 0) is 31.2 Å². The third kappa shape index (κ3) is 3.46. The number of amides is 1. The van der Waals surface area contributed by atoms with Crippen molar-refractivity contribution in [1.29, 1.82) is 0 Å². The lowest BCUT2D eigenvalue weighted by Gasteiger charge is -2.16. The molecule has 3 aromatic rings. The van der Waals surface area contributed by atoms with Crippen LogP contribution in [-0.2, 0) is 11.2 Å². The zero-order valence-corrected chi connectivity index (χ0v) is 13.9. The molecule has 0 saturated heterocycles. The highest BCUT2D eigenvalue weighted by Gasteiger charge is 2.16. The van der Waals surface area contributed by atoms with Crippen LogP contribution >= 0.6 is 11.3 Å². The number of thiazole rings is 1. The van der Waals surface area contributed by atoms with Gasteiger partial charge in [-0.15, -0.1) is 11.3 Å². The van der Waals surface area contributed by atoms with E-state index in [1.165, 1.54) is 0 Å². The van der Waals surface area contributed by atoms with Crippen LogP contribution in [0.1, 0.15) is 10.6 Å². The highest BCUT2D eigenvalue weighted by atomic mass is 32.1. The predicted molar refractivity (Wildman–Crippen MR) is 93.6 cm³/mol. The smallest absolute Gasteiger partial charge is 0.232 e. The lowest BCUT2D eigenvalue weighted by molar-refractivity contribution is -0.117. The normalized spacial score (nSPS) is 10.5. The molecule has 0 atom stereocenters. The van der Waals surface area contributed by atoms with E-state index >= 15 is 0 Å². The molecule has 0 fully saturated rings. The van der Waals surface area contributed by atoms with Crippen LogP contribution in [0.2, 0.25) is 0 Å². The molecular formula is C18H17N3OS. The fraction of sp³-hybridized carbons (Fsp3) is 0.167. The van der Waals surface area contributed by atoms with Crippen LogP contribution in [0.5, 0.6) is 0 Å². The third-order valence-electron chi connectivity index (χ3n) is 3.63. The van der Waals surface area contributed by atoms with Gasteiger partial charge in [-0.1, -0.05) is 18.2 Å². The van der Waals surface area contributed by atoms with Gasteiger partial charge >= 0.3 is 0 Å². The van der Waals surface area contributed by atoms with E-state index < -0.39 is 0 Å². The molecule has 0 aliphatic carbocycles. The van der Waals surface area contributed by atoms with Crippen LogP contribution in [0.25, 0.3) is 10.6 Å². The summed E-state index contributed by atoms with van der Waals surface area (Å²) >= 11 is 1.55. The zero-order valence-electron chi connectivity index (χ0n) is 13.1. The van der Waals surface area contributed by atoms with Gasteiger partial charge in [0.25, 0.3) is 0 Å². The summed E-state index contributed by atoms with van der Waals surface area (Å²) in [5.41, 5.74) is 2.78. The maximum absolute atomic E-state index is 12.5. The molecule has 0 N–H and O–H groups in total. The molecule has 2 aromatic heterocycles. The molecule has 0 aliphatic heterocycles. The standard InChI is InChI=1S/C18H17N3OS/c1-13-16(23-18(20-13)14-7-6-10-19-12-14)11-17(22)21(2)15-8-4-3-5-9-15/h3-10,12H,11H2,1-2H3. The number of carbonyl (C=O) groups is 1. The minimum atomic E-state index is 0.0562. The van der Waals surface area contributed by atoms with E-state index in [9.17, 15) is 4.79 Å². The SMILES string of the molecule is Cc1nc(-c2cccnc2)sc1CC(=O)N(C)c1ccccc1. The highest BCUT2D eigenvalue weighted by molar-refractivity contribution is 7.15. The summed E-state index contributed by atoms with van der Waals surface area (Å²) in [4.78, 5) is 23.9. The van der Waals surface area contributed by atoms with Gasteiger partial charge in [0.1, 0.15) is 5.01 Å². The van der Waals surface area contributed by atoms with E-state index in [2.05, 4.69) is 9.97 Å². The Morgan fingerprint density at radius 2 is 1.96 bits per heavy atom. The van der Waals surface area contributed by atoms with Crippen LogP contribution in [-0.4, -0.2) is 22.9 Å². The summed E-state index contributed by atoms with van der Waals surface area (Å²) in [6, 6.07) is 13.5. The van der Waals surface area contributed by atoms with Crippen molar-refractivity contribution in [2.75, 3.05) is 11.9 Å². The Kier molecular flexibility index (Phi) is 4.48. The first-order valence-electron chi connectivity index (χ1n) is 7.33. The fourth-order valence-corrected chi connectivity index (χ4v) is 3.30. The number of aryl methyl sites for hydroxylation is 1. The first kappa shape index (κ1) is 15.4. The number of hydrogen-bond acceptors (Lipinski definition) is 4. The monoisotopic (exact) mass is 323 g/mol. The molecule has 2 heterocycles. The molecule has 0 saturated carbocycles. The van der Waals surface area contributed by atoms with Gasteiger partial charge in [-0.3, -0.25) is 9.78 Å². The Morgan fingerprint density at radius 1 is 1.17 bits per heavy atom. The van der Waals surface area contributed by atoms with Crippen LogP contribution in [0.4, 0.5) is 5.69 Å². The average molecular weight is 323 g/mol. The number of pyridine rings is 1. The second-order valence-electron chi connectivity index (χ2n) is 5.23. The summed E-state index contributed by atoms with van der Waals surface area (Å²) in [5.74, 6) is 0.0562. The number of hydrogen-bond donors (Lipinski definition) is 0. The molecule has 0 aliphatic rings. The fourth-order valence-electron chi connectivity index (χ4n) is 2.26. The van der Waals surface area contributed by atoms with E-state index in [1.54, 1.807) is 35.7 Å². The number of para-hydroxylation sites is 1. The number of benzene rings is 1. The topological polar surface area (TPSA) is 46.1 Å². The van der Waals surface area contributed by atoms with Crippen molar-refractivity contribution in [2.24, 2.45) is 0 Å². The molecule has 116 valence electrons. The Labute approximate surface area is 139 Å². The summed E-state index contributed by atoms with van der Waals surface area (Å²) in [6.45, 7) is 1.95. The largest absolute Gasteiger partial charge is 0.315 e. The quantitative estimate of drug-likeness (QED) is 0.735. The third-order valence-corrected chi connectivity index (χ3v) is 4.84. The molecule has 4 nitrogen and oxygen atoms in total. The van der Waals surface area contributed by atoms with Crippen molar-refractivity contribution in [3.05, 3.63) is 65.4 Å². The minimum Gasteiger partial charge on any atom is -0.315 e. The predicted octanol–water partition coefficient (Wildman–Crippen LogP) is 3.72. The second-order valence-corrected chi connectivity index (χ2v) is 6.32. The Balaban J connectivity index is 1.78. The van der Waals surface area contributed by atoms with Crippen LogP contribution < -0.4 is 4.90 Å². The summed E-state index contributed by atoms with van der Waals surface area (Å²) in [7, 11) is 1.80. The van der Waals surface area contributed by atoms with Gasteiger partial charge in [0.05, 0.1) is 12.1 Å². The van der Waals surface area contributed by atoms with Crippen molar-refractivity contribution < 1.29 is 4.79 Å². The van der Waals surface area contributed by atoms with Crippen LogP contribution in [0.15, 0.2) is 54.9 Å². The Bertz CT molecular complexity index is 800. The van der Waals surface area contributed by atoms with Gasteiger partial charge in [0.15, 0.2) is 0 Å². The number of anilines is 1. The summed E-state index contributed by atoms with van der Waals surface area (Å²) < 4.78 is 0. The van der Waals surface area contributed by atoms with Gasteiger partial charge in [-0.2, -0.15) is 0 Å². The summed E-state index contributed by atoms with van der Waals surface area (Å²) in [6.07, 6.45) is 3.89. The van der Waals surface area contributed by atoms with Gasteiger partial charge in [-0.25, -0.2) is 4.98 Å².